The van der Waals surface area contributed by atoms with Crippen LogP contribution in [0.4, 0.5) is 14.9 Å². The molecule has 0 radical (unpaired) electrons. The van der Waals surface area contributed by atoms with Crippen LogP contribution in [0.15, 0.2) is 47.4 Å². The molecule has 1 aliphatic heterocycles. The van der Waals surface area contributed by atoms with E-state index in [-0.39, 0.29) is 22.6 Å². The molecule has 27 heavy (non-hydrogen) atoms. The van der Waals surface area contributed by atoms with Crippen LogP contribution in [0.25, 0.3) is 6.08 Å². The summed E-state index contributed by atoms with van der Waals surface area (Å²) in [6.07, 6.45) is 1.57. The number of imide groups is 1. The molecule has 1 N–H and O–H groups in total. The Morgan fingerprint density at radius 1 is 1.11 bits per heavy atom. The quantitative estimate of drug-likeness (QED) is 0.756. The Morgan fingerprint density at radius 3 is 2.52 bits per heavy atom. The predicted molar refractivity (Wildman–Crippen MR) is 102 cm³/mol. The third-order valence-corrected chi connectivity index (χ3v) is 4.79. The largest absolute Gasteiger partial charge is 0.497 e. The van der Waals surface area contributed by atoms with Gasteiger partial charge in [-0.2, -0.15) is 0 Å². The zero-order valence-corrected chi connectivity index (χ0v) is 15.5. The fraction of sp³-hybridized carbons (Fsp3) is 0.158. The van der Waals surface area contributed by atoms with Gasteiger partial charge in [0.05, 0.1) is 31.5 Å². The van der Waals surface area contributed by atoms with E-state index in [4.69, 9.17) is 9.47 Å². The number of ether oxygens (including phenoxy) is 2. The Kier molecular flexibility index (Phi) is 5.66. The second-order valence-corrected chi connectivity index (χ2v) is 6.56. The fourth-order valence-electron chi connectivity index (χ4n) is 2.46. The average Bonchev–Trinajstić information content (AvgIpc) is 2.94. The number of halogens is 1. The summed E-state index contributed by atoms with van der Waals surface area (Å²) in [7, 11) is 3.07. The molecule has 0 bridgehead atoms. The number of amides is 2. The number of anilines is 1. The standard InChI is InChI=1S/C19H17FN2O4S/c1-25-14-7-8-15(16(10-14)26-2)21-11-22-18(23)17(27-19(22)24)9-12-3-5-13(20)6-4-12/h3-10,21H,11H2,1-2H3/b17-9+. The second-order valence-electron chi connectivity index (χ2n) is 5.56. The normalized spacial score (nSPS) is 15.4. The smallest absolute Gasteiger partial charge is 0.295 e. The number of benzene rings is 2. The molecule has 8 heteroatoms. The molecule has 2 amide bonds. The Hall–Kier alpha value is -3.00. The van der Waals surface area contributed by atoms with E-state index < -0.39 is 5.91 Å². The molecule has 0 aliphatic carbocycles. The Labute approximate surface area is 159 Å². The fourth-order valence-corrected chi connectivity index (χ4v) is 3.29. The van der Waals surface area contributed by atoms with Crippen LogP contribution in [0, 0.1) is 5.82 Å². The highest BCUT2D eigenvalue weighted by Crippen LogP contribution is 2.33. The van der Waals surface area contributed by atoms with Gasteiger partial charge in [-0.15, -0.1) is 0 Å². The van der Waals surface area contributed by atoms with Crippen molar-refractivity contribution in [3.05, 3.63) is 58.8 Å². The van der Waals surface area contributed by atoms with E-state index in [1.807, 2.05) is 0 Å². The van der Waals surface area contributed by atoms with Gasteiger partial charge < -0.3 is 14.8 Å². The second kappa shape index (κ2) is 8.13. The maximum atomic E-state index is 13.0. The number of hydrogen-bond acceptors (Lipinski definition) is 6. The first-order valence-corrected chi connectivity index (χ1v) is 8.80. The molecule has 3 rings (SSSR count). The average molecular weight is 388 g/mol. The molecule has 1 fully saturated rings. The molecule has 140 valence electrons. The van der Waals surface area contributed by atoms with E-state index in [0.717, 1.165) is 16.7 Å². The highest BCUT2D eigenvalue weighted by Gasteiger charge is 2.34. The van der Waals surface area contributed by atoms with Crippen LogP contribution < -0.4 is 14.8 Å². The van der Waals surface area contributed by atoms with Gasteiger partial charge in [0, 0.05) is 6.07 Å². The van der Waals surface area contributed by atoms with Gasteiger partial charge in [0.25, 0.3) is 11.1 Å². The summed E-state index contributed by atoms with van der Waals surface area (Å²) in [6, 6.07) is 10.9. The van der Waals surface area contributed by atoms with Crippen LogP contribution in [0.5, 0.6) is 11.5 Å². The highest BCUT2D eigenvalue weighted by atomic mass is 32.2. The first-order chi connectivity index (χ1) is 13.0. The van der Waals surface area contributed by atoms with Gasteiger partial charge in [-0.3, -0.25) is 14.5 Å². The monoisotopic (exact) mass is 388 g/mol. The maximum absolute atomic E-state index is 13.0. The third-order valence-electron chi connectivity index (χ3n) is 3.88. The van der Waals surface area contributed by atoms with E-state index in [1.54, 1.807) is 43.5 Å². The van der Waals surface area contributed by atoms with Crippen molar-refractivity contribution in [1.82, 2.24) is 4.90 Å². The molecule has 0 spiro atoms. The third kappa shape index (κ3) is 4.22. The molecular formula is C19H17FN2O4S. The number of nitrogens with one attached hydrogen (secondary N) is 1. The van der Waals surface area contributed by atoms with Crippen molar-refractivity contribution in [3.63, 3.8) is 0 Å². The molecule has 0 aromatic heterocycles. The minimum Gasteiger partial charge on any atom is -0.497 e. The molecule has 2 aromatic carbocycles. The van der Waals surface area contributed by atoms with Crippen molar-refractivity contribution in [2.45, 2.75) is 0 Å². The summed E-state index contributed by atoms with van der Waals surface area (Å²) in [5.74, 6) is 0.390. The molecule has 1 heterocycles. The van der Waals surface area contributed by atoms with Crippen LogP contribution in [0.1, 0.15) is 5.56 Å². The van der Waals surface area contributed by atoms with Crippen molar-refractivity contribution < 1.29 is 23.5 Å². The van der Waals surface area contributed by atoms with Gasteiger partial charge in [-0.05, 0) is 47.7 Å². The number of rotatable bonds is 6. The van der Waals surface area contributed by atoms with Gasteiger partial charge in [-0.1, -0.05) is 12.1 Å². The van der Waals surface area contributed by atoms with Crippen molar-refractivity contribution >= 4 is 34.7 Å². The van der Waals surface area contributed by atoms with Gasteiger partial charge in [-0.25, -0.2) is 4.39 Å². The molecule has 1 aliphatic rings. The number of hydrogen-bond donors (Lipinski definition) is 1. The van der Waals surface area contributed by atoms with Crippen LogP contribution in [-0.4, -0.2) is 36.9 Å². The van der Waals surface area contributed by atoms with Gasteiger partial charge in [0.1, 0.15) is 17.3 Å². The van der Waals surface area contributed by atoms with Gasteiger partial charge >= 0.3 is 0 Å². The number of thioether (sulfide) groups is 1. The Bertz CT molecular complexity index is 899. The molecule has 2 aromatic rings. The highest BCUT2D eigenvalue weighted by molar-refractivity contribution is 8.18. The molecule has 1 saturated heterocycles. The minimum atomic E-state index is -0.408. The van der Waals surface area contributed by atoms with Crippen LogP contribution in [0.2, 0.25) is 0 Å². The minimum absolute atomic E-state index is 0.00584. The Balaban J connectivity index is 1.72. The van der Waals surface area contributed by atoms with E-state index in [0.29, 0.717) is 22.7 Å². The molecule has 0 unspecified atom stereocenters. The van der Waals surface area contributed by atoms with Crippen LogP contribution >= 0.6 is 11.8 Å². The lowest BCUT2D eigenvalue weighted by atomic mass is 10.2. The van der Waals surface area contributed by atoms with Gasteiger partial charge in [0.15, 0.2) is 0 Å². The first kappa shape index (κ1) is 18.8. The predicted octanol–water partition coefficient (Wildman–Crippen LogP) is 3.95. The zero-order chi connectivity index (χ0) is 19.4. The maximum Gasteiger partial charge on any atom is 0.295 e. The summed E-state index contributed by atoms with van der Waals surface area (Å²) in [5.41, 5.74) is 1.27. The van der Waals surface area contributed by atoms with Crippen molar-refractivity contribution in [1.29, 1.82) is 0 Å². The summed E-state index contributed by atoms with van der Waals surface area (Å²) >= 11 is 0.846. The van der Waals surface area contributed by atoms with Gasteiger partial charge in [0.2, 0.25) is 0 Å². The zero-order valence-electron chi connectivity index (χ0n) is 14.7. The Morgan fingerprint density at radius 2 is 1.85 bits per heavy atom. The molecule has 0 saturated carbocycles. The van der Waals surface area contributed by atoms with Crippen molar-refractivity contribution in [2.24, 2.45) is 0 Å². The lowest BCUT2D eigenvalue weighted by Crippen LogP contribution is -2.33. The van der Waals surface area contributed by atoms with E-state index in [9.17, 15) is 14.0 Å². The number of carbonyl (C=O) groups excluding carboxylic acids is 2. The molecule has 6 nitrogen and oxygen atoms in total. The van der Waals surface area contributed by atoms with Crippen LogP contribution in [-0.2, 0) is 4.79 Å². The summed E-state index contributed by atoms with van der Waals surface area (Å²) < 4.78 is 23.4. The van der Waals surface area contributed by atoms with Crippen molar-refractivity contribution in [2.75, 3.05) is 26.2 Å². The number of methoxy groups -OCH3 is 2. The topological polar surface area (TPSA) is 67.9 Å². The lowest BCUT2D eigenvalue weighted by Gasteiger charge is -2.17. The molecule has 0 atom stereocenters. The number of carbonyl (C=O) groups is 2. The van der Waals surface area contributed by atoms with Crippen LogP contribution in [0.3, 0.4) is 0 Å². The van der Waals surface area contributed by atoms with E-state index in [2.05, 4.69) is 5.32 Å². The lowest BCUT2D eigenvalue weighted by molar-refractivity contribution is -0.122. The van der Waals surface area contributed by atoms with Crippen molar-refractivity contribution in [3.8, 4) is 11.5 Å². The summed E-state index contributed by atoms with van der Waals surface area (Å²) in [4.78, 5) is 26.1. The molecular weight excluding hydrogens is 371 g/mol. The van der Waals surface area contributed by atoms with E-state index >= 15 is 0 Å². The summed E-state index contributed by atoms with van der Waals surface area (Å²) in [5, 5.41) is 2.64. The number of nitrogens with zero attached hydrogens (tertiary/aromatic N) is 1. The summed E-state index contributed by atoms with van der Waals surface area (Å²) in [6.45, 7) is -0.00584. The first-order valence-electron chi connectivity index (χ1n) is 7.98. The SMILES string of the molecule is COc1ccc(NCN2C(=O)S/C(=C/c3ccc(F)cc3)C2=O)c(OC)c1. The van der Waals surface area contributed by atoms with E-state index in [1.165, 1.54) is 19.2 Å².